The summed E-state index contributed by atoms with van der Waals surface area (Å²) in [5.74, 6) is -0.423. The summed E-state index contributed by atoms with van der Waals surface area (Å²) in [5, 5.41) is 1.04. The van der Waals surface area contributed by atoms with Crippen molar-refractivity contribution in [3.05, 3.63) is 87.6 Å². The molecule has 4 rings (SSSR count). The fourth-order valence-corrected chi connectivity index (χ4v) is 3.81. The summed E-state index contributed by atoms with van der Waals surface area (Å²) in [5.41, 5.74) is 16.2. The van der Waals surface area contributed by atoms with Gasteiger partial charge in [-0.05, 0) is 58.8 Å². The SMILES string of the molecule is CCOC(=O)/C=C/c1cc(-c2cnccn2)c(Cl)cc1N.Nc1cc(Cl)c(-c2cnccn2)cc1Br. The van der Waals surface area contributed by atoms with Gasteiger partial charge in [-0.15, -0.1) is 0 Å². The van der Waals surface area contributed by atoms with Gasteiger partial charge in [0.2, 0.25) is 0 Å². The third-order valence-electron chi connectivity index (χ3n) is 4.62. The Morgan fingerprint density at radius 1 is 0.917 bits per heavy atom. The van der Waals surface area contributed by atoms with Gasteiger partial charge in [0.1, 0.15) is 0 Å². The molecule has 2 heterocycles. The lowest BCUT2D eigenvalue weighted by atomic mass is 10.1. The van der Waals surface area contributed by atoms with E-state index in [-0.39, 0.29) is 0 Å². The number of anilines is 2. The second-order valence-electron chi connectivity index (χ2n) is 7.08. The van der Waals surface area contributed by atoms with E-state index in [0.29, 0.717) is 44.8 Å². The predicted octanol–water partition coefficient (Wildman–Crippen LogP) is 6.10. The summed E-state index contributed by atoms with van der Waals surface area (Å²) >= 11 is 15.6. The number of aromatic nitrogens is 4. The van der Waals surface area contributed by atoms with Crippen LogP contribution < -0.4 is 11.5 Å². The summed E-state index contributed by atoms with van der Waals surface area (Å²) in [6, 6.07) is 6.91. The quantitative estimate of drug-likeness (QED) is 0.163. The molecule has 0 unspecified atom stereocenters. The molecule has 0 radical (unpaired) electrons. The van der Waals surface area contributed by atoms with Crippen molar-refractivity contribution in [2.45, 2.75) is 6.92 Å². The second-order valence-corrected chi connectivity index (χ2v) is 8.75. The van der Waals surface area contributed by atoms with Crippen LogP contribution in [0.2, 0.25) is 10.0 Å². The van der Waals surface area contributed by atoms with E-state index in [1.807, 2.05) is 6.07 Å². The number of ether oxygens (including phenoxy) is 1. The summed E-state index contributed by atoms with van der Waals surface area (Å²) in [6.07, 6.45) is 12.6. The monoisotopic (exact) mass is 586 g/mol. The molecule has 36 heavy (non-hydrogen) atoms. The predicted molar refractivity (Wildman–Crippen MR) is 147 cm³/mol. The van der Waals surface area contributed by atoms with Gasteiger partial charge in [0.15, 0.2) is 0 Å². The Morgan fingerprint density at radius 2 is 1.47 bits per heavy atom. The van der Waals surface area contributed by atoms with Gasteiger partial charge in [-0.1, -0.05) is 23.2 Å². The fraction of sp³-hybridized carbons (Fsp3) is 0.0800. The normalized spacial score (nSPS) is 10.6. The van der Waals surface area contributed by atoms with Crippen molar-refractivity contribution < 1.29 is 9.53 Å². The maximum Gasteiger partial charge on any atom is 0.330 e. The van der Waals surface area contributed by atoms with Crippen molar-refractivity contribution in [1.82, 2.24) is 19.9 Å². The van der Waals surface area contributed by atoms with E-state index in [4.69, 9.17) is 39.4 Å². The molecule has 0 aliphatic carbocycles. The van der Waals surface area contributed by atoms with Crippen LogP contribution in [0, 0.1) is 0 Å². The van der Waals surface area contributed by atoms with Crippen LogP contribution in [0.1, 0.15) is 12.5 Å². The zero-order chi connectivity index (χ0) is 26.1. The Balaban J connectivity index is 0.000000212. The van der Waals surface area contributed by atoms with Crippen LogP contribution in [0.15, 0.2) is 72.0 Å². The van der Waals surface area contributed by atoms with E-state index in [1.165, 1.54) is 6.08 Å². The molecule has 2 aromatic carbocycles. The number of benzene rings is 2. The number of hydrogen-bond acceptors (Lipinski definition) is 8. The van der Waals surface area contributed by atoms with Crippen LogP contribution in [0.4, 0.5) is 11.4 Å². The van der Waals surface area contributed by atoms with E-state index in [9.17, 15) is 4.79 Å². The average Bonchev–Trinajstić information content (AvgIpc) is 2.87. The van der Waals surface area contributed by atoms with Crippen LogP contribution >= 0.6 is 39.1 Å². The highest BCUT2D eigenvalue weighted by atomic mass is 79.9. The maximum atomic E-state index is 11.4. The summed E-state index contributed by atoms with van der Waals surface area (Å²) in [7, 11) is 0. The molecule has 184 valence electrons. The van der Waals surface area contributed by atoms with Gasteiger partial charge in [0.25, 0.3) is 0 Å². The molecule has 0 aliphatic heterocycles. The zero-order valence-corrected chi connectivity index (χ0v) is 22.1. The molecule has 4 aromatic rings. The summed E-state index contributed by atoms with van der Waals surface area (Å²) in [4.78, 5) is 27.7. The van der Waals surface area contributed by atoms with E-state index in [1.54, 1.807) is 68.4 Å². The minimum absolute atomic E-state index is 0.324. The first kappa shape index (κ1) is 27.1. The zero-order valence-electron chi connectivity index (χ0n) is 19.0. The van der Waals surface area contributed by atoms with Crippen LogP contribution in [0.5, 0.6) is 0 Å². The van der Waals surface area contributed by atoms with Gasteiger partial charge in [0.05, 0.1) is 40.4 Å². The Labute approximate surface area is 226 Å². The highest BCUT2D eigenvalue weighted by molar-refractivity contribution is 9.10. The van der Waals surface area contributed by atoms with Gasteiger partial charge in [-0.25, -0.2) is 4.79 Å². The lowest BCUT2D eigenvalue weighted by Gasteiger charge is -2.07. The number of nitrogens with two attached hydrogens (primary N) is 2. The third kappa shape index (κ3) is 7.24. The highest BCUT2D eigenvalue weighted by Gasteiger charge is 2.09. The molecule has 4 N–H and O–H groups in total. The number of nitrogens with zero attached hydrogens (tertiary/aromatic N) is 4. The van der Waals surface area contributed by atoms with Gasteiger partial charge in [-0.3, -0.25) is 19.9 Å². The van der Waals surface area contributed by atoms with Crippen molar-refractivity contribution in [3.63, 3.8) is 0 Å². The van der Waals surface area contributed by atoms with Gasteiger partial charge in [0, 0.05) is 57.8 Å². The maximum absolute atomic E-state index is 11.4. The van der Waals surface area contributed by atoms with E-state index in [0.717, 1.165) is 15.7 Å². The Hall–Kier alpha value is -3.53. The first-order valence-electron chi connectivity index (χ1n) is 10.5. The Kier molecular flexibility index (Phi) is 9.75. The first-order chi connectivity index (χ1) is 17.3. The molecule has 0 saturated heterocycles. The van der Waals surface area contributed by atoms with Crippen molar-refractivity contribution in [2.75, 3.05) is 18.1 Å². The molecule has 11 heteroatoms. The van der Waals surface area contributed by atoms with Crippen molar-refractivity contribution >= 4 is 62.6 Å². The molecule has 8 nitrogen and oxygen atoms in total. The molecule has 2 aromatic heterocycles. The van der Waals surface area contributed by atoms with E-state index in [2.05, 4.69) is 35.9 Å². The van der Waals surface area contributed by atoms with Crippen LogP contribution in [0.3, 0.4) is 0 Å². The van der Waals surface area contributed by atoms with E-state index >= 15 is 0 Å². The fourth-order valence-electron chi connectivity index (χ4n) is 2.93. The number of nitrogen functional groups attached to an aromatic ring is 2. The molecule has 0 bridgehead atoms. The number of rotatable bonds is 5. The van der Waals surface area contributed by atoms with E-state index < -0.39 is 5.97 Å². The Morgan fingerprint density at radius 3 is 2.00 bits per heavy atom. The largest absolute Gasteiger partial charge is 0.463 e. The number of halogens is 3. The second kappa shape index (κ2) is 13.0. The molecule has 0 amide bonds. The molecular formula is C25H21BrCl2N6O2. The lowest BCUT2D eigenvalue weighted by molar-refractivity contribution is -0.137. The number of esters is 1. The van der Waals surface area contributed by atoms with Crippen LogP contribution in [-0.2, 0) is 9.53 Å². The average molecular weight is 588 g/mol. The van der Waals surface area contributed by atoms with Crippen molar-refractivity contribution in [2.24, 2.45) is 0 Å². The molecule has 0 aliphatic rings. The lowest BCUT2D eigenvalue weighted by Crippen LogP contribution is -1.99. The third-order valence-corrected chi connectivity index (χ3v) is 5.94. The minimum atomic E-state index is -0.423. The smallest absolute Gasteiger partial charge is 0.330 e. The van der Waals surface area contributed by atoms with Gasteiger partial charge >= 0.3 is 5.97 Å². The minimum Gasteiger partial charge on any atom is -0.463 e. The summed E-state index contributed by atoms with van der Waals surface area (Å²) < 4.78 is 5.63. The standard InChI is InChI=1S/C15H14ClN3O2.C10H7BrClN3/c1-2-21-15(20)4-3-10-7-11(12(16)8-13(10)17)14-9-18-5-6-19-14;11-7-3-6(8(12)4-9(7)13)10-5-14-1-2-15-10/h3-9H,2,17H2,1H3;1-5H,13H2/b4-3+;. The van der Waals surface area contributed by atoms with Crippen LogP contribution in [-0.4, -0.2) is 32.5 Å². The molecule has 0 saturated carbocycles. The number of carbonyl (C=O) groups is 1. The molecule has 0 spiro atoms. The first-order valence-corrected chi connectivity index (χ1v) is 12.1. The molecule has 0 fully saturated rings. The Bertz CT molecular complexity index is 1370. The van der Waals surface area contributed by atoms with Crippen molar-refractivity contribution in [1.29, 1.82) is 0 Å². The van der Waals surface area contributed by atoms with Crippen molar-refractivity contribution in [3.8, 4) is 22.5 Å². The van der Waals surface area contributed by atoms with Gasteiger partial charge in [-0.2, -0.15) is 0 Å². The topological polar surface area (TPSA) is 130 Å². The molecule has 0 atom stereocenters. The summed E-state index contributed by atoms with van der Waals surface area (Å²) in [6.45, 7) is 2.07. The highest BCUT2D eigenvalue weighted by Crippen LogP contribution is 2.33. The molecular weight excluding hydrogens is 567 g/mol. The number of carbonyl (C=O) groups excluding carboxylic acids is 1. The number of hydrogen-bond donors (Lipinski definition) is 2. The van der Waals surface area contributed by atoms with Crippen LogP contribution in [0.25, 0.3) is 28.6 Å². The van der Waals surface area contributed by atoms with Gasteiger partial charge < -0.3 is 16.2 Å².